The average molecular weight is 274 g/mol. The lowest BCUT2D eigenvalue weighted by molar-refractivity contribution is 0.0594. The summed E-state index contributed by atoms with van der Waals surface area (Å²) >= 11 is 1.59. The predicted octanol–water partition coefficient (Wildman–Crippen LogP) is 2.74. The first-order valence-corrected chi connectivity index (χ1v) is 6.71. The van der Waals surface area contributed by atoms with Gasteiger partial charge in [-0.05, 0) is 24.3 Å². The number of thioether (sulfide) groups is 1. The molecule has 0 amide bonds. The van der Waals surface area contributed by atoms with Crippen molar-refractivity contribution in [1.29, 1.82) is 0 Å². The Labute approximate surface area is 116 Å². The summed E-state index contributed by atoms with van der Waals surface area (Å²) in [6.07, 6.45) is 0. The number of nitrogen functional groups attached to an aromatic ring is 1. The van der Waals surface area contributed by atoms with Crippen LogP contribution in [0.15, 0.2) is 47.4 Å². The molecule has 0 aliphatic heterocycles. The van der Waals surface area contributed by atoms with Crippen LogP contribution in [-0.4, -0.2) is 18.1 Å². The fourth-order valence-electron chi connectivity index (χ4n) is 1.54. The van der Waals surface area contributed by atoms with E-state index in [1.54, 1.807) is 23.9 Å². The van der Waals surface area contributed by atoms with Gasteiger partial charge in [-0.25, -0.2) is 9.78 Å². The highest BCUT2D eigenvalue weighted by atomic mass is 32.2. The summed E-state index contributed by atoms with van der Waals surface area (Å²) in [6, 6.07) is 13.0. The van der Waals surface area contributed by atoms with E-state index in [4.69, 9.17) is 5.73 Å². The molecule has 0 fully saturated rings. The number of para-hydroxylation sites is 1. The van der Waals surface area contributed by atoms with Crippen molar-refractivity contribution in [2.75, 3.05) is 12.8 Å². The van der Waals surface area contributed by atoms with Crippen molar-refractivity contribution in [2.45, 2.75) is 10.6 Å². The molecule has 0 unspecified atom stereocenters. The van der Waals surface area contributed by atoms with E-state index in [9.17, 15) is 4.79 Å². The van der Waals surface area contributed by atoms with E-state index in [0.29, 0.717) is 11.4 Å². The minimum absolute atomic E-state index is 0.321. The van der Waals surface area contributed by atoms with Crippen molar-refractivity contribution >= 4 is 23.4 Å². The first-order valence-electron chi connectivity index (χ1n) is 5.72. The topological polar surface area (TPSA) is 65.2 Å². The van der Waals surface area contributed by atoms with Crippen LogP contribution >= 0.6 is 11.8 Å². The number of ether oxygens (including phenoxy) is 1. The smallest absolute Gasteiger partial charge is 0.356 e. The Hall–Kier alpha value is -2.01. The number of pyridine rings is 1. The van der Waals surface area contributed by atoms with Gasteiger partial charge < -0.3 is 10.5 Å². The molecule has 4 nitrogen and oxygen atoms in total. The zero-order chi connectivity index (χ0) is 13.7. The normalized spacial score (nSPS) is 10.2. The van der Waals surface area contributed by atoms with E-state index in [-0.39, 0.29) is 0 Å². The summed E-state index contributed by atoms with van der Waals surface area (Å²) in [5, 5.41) is 0. The molecule has 0 aliphatic rings. The number of carbonyl (C=O) groups excluding carboxylic acids is 1. The van der Waals surface area contributed by atoms with Crippen molar-refractivity contribution in [3.05, 3.63) is 53.9 Å². The molecular formula is C14H14N2O2S. The monoisotopic (exact) mass is 274 g/mol. The number of hydrogen-bond acceptors (Lipinski definition) is 5. The summed E-state index contributed by atoms with van der Waals surface area (Å²) in [4.78, 5) is 16.6. The molecule has 5 heteroatoms. The molecule has 0 saturated carbocycles. The van der Waals surface area contributed by atoms with E-state index >= 15 is 0 Å². The summed E-state index contributed by atoms with van der Waals surface area (Å²) < 4.78 is 4.64. The van der Waals surface area contributed by atoms with Crippen LogP contribution in [0.3, 0.4) is 0 Å². The van der Waals surface area contributed by atoms with Gasteiger partial charge in [0.25, 0.3) is 0 Å². The minimum atomic E-state index is -0.425. The van der Waals surface area contributed by atoms with Crippen LogP contribution in [0.25, 0.3) is 0 Å². The molecule has 1 heterocycles. The van der Waals surface area contributed by atoms with Crippen molar-refractivity contribution in [1.82, 2.24) is 4.98 Å². The second-order valence-corrected chi connectivity index (χ2v) is 4.85. The molecule has 19 heavy (non-hydrogen) atoms. The number of nitrogens with two attached hydrogens (primary N) is 1. The number of rotatable bonds is 4. The molecule has 0 radical (unpaired) electrons. The Morgan fingerprint density at radius 1 is 1.26 bits per heavy atom. The van der Waals surface area contributed by atoms with Gasteiger partial charge in [0.05, 0.1) is 12.8 Å². The maximum Gasteiger partial charge on any atom is 0.356 e. The Morgan fingerprint density at radius 2 is 2.05 bits per heavy atom. The fraction of sp³-hybridized carbons (Fsp3) is 0.143. The van der Waals surface area contributed by atoms with E-state index in [2.05, 4.69) is 9.72 Å². The number of benzene rings is 1. The van der Waals surface area contributed by atoms with Gasteiger partial charge in [0.15, 0.2) is 0 Å². The summed E-state index contributed by atoms with van der Waals surface area (Å²) in [5.41, 5.74) is 7.75. The number of hydrogen-bond donors (Lipinski definition) is 1. The lowest BCUT2D eigenvalue weighted by Crippen LogP contribution is -2.05. The molecule has 1 aromatic heterocycles. The number of aromatic nitrogens is 1. The molecule has 2 rings (SSSR count). The SMILES string of the molecule is COC(=O)c1cccc(CSc2ccccc2N)n1. The van der Waals surface area contributed by atoms with Gasteiger partial charge in [-0.15, -0.1) is 11.8 Å². The maximum absolute atomic E-state index is 11.4. The highest BCUT2D eigenvalue weighted by Gasteiger charge is 2.08. The van der Waals surface area contributed by atoms with Crippen molar-refractivity contribution in [2.24, 2.45) is 0 Å². The van der Waals surface area contributed by atoms with E-state index in [1.807, 2.05) is 30.3 Å². The molecular weight excluding hydrogens is 260 g/mol. The molecule has 0 aliphatic carbocycles. The molecule has 98 valence electrons. The average Bonchev–Trinajstić information content (AvgIpc) is 2.46. The molecule has 0 bridgehead atoms. The zero-order valence-electron chi connectivity index (χ0n) is 10.5. The highest BCUT2D eigenvalue weighted by molar-refractivity contribution is 7.98. The summed E-state index contributed by atoms with van der Waals surface area (Å²) in [5.74, 6) is 0.227. The largest absolute Gasteiger partial charge is 0.464 e. The van der Waals surface area contributed by atoms with Crippen LogP contribution in [0.2, 0.25) is 0 Å². The molecule has 2 N–H and O–H groups in total. The van der Waals surface area contributed by atoms with Crippen molar-refractivity contribution in [3.63, 3.8) is 0 Å². The molecule has 2 aromatic rings. The molecule has 0 saturated heterocycles. The third kappa shape index (κ3) is 3.48. The van der Waals surface area contributed by atoms with Crippen LogP contribution in [0, 0.1) is 0 Å². The standard InChI is InChI=1S/C14H14N2O2S/c1-18-14(17)12-7-4-5-10(16-12)9-19-13-8-3-2-6-11(13)15/h2-8H,9,15H2,1H3. The second kappa shape index (κ2) is 6.24. The third-order valence-corrected chi connectivity index (χ3v) is 3.62. The van der Waals surface area contributed by atoms with Gasteiger partial charge in [-0.2, -0.15) is 0 Å². The zero-order valence-corrected chi connectivity index (χ0v) is 11.3. The minimum Gasteiger partial charge on any atom is -0.464 e. The Kier molecular flexibility index (Phi) is 4.41. The molecule has 0 spiro atoms. The van der Waals surface area contributed by atoms with Crippen LogP contribution in [-0.2, 0) is 10.5 Å². The van der Waals surface area contributed by atoms with Crippen LogP contribution in [0.1, 0.15) is 16.2 Å². The first-order chi connectivity index (χ1) is 9.20. The first kappa shape index (κ1) is 13.4. The number of carbonyl (C=O) groups is 1. The highest BCUT2D eigenvalue weighted by Crippen LogP contribution is 2.27. The van der Waals surface area contributed by atoms with E-state index in [0.717, 1.165) is 16.3 Å². The molecule has 1 aromatic carbocycles. The number of nitrogens with zero attached hydrogens (tertiary/aromatic N) is 1. The molecule has 0 atom stereocenters. The van der Waals surface area contributed by atoms with Gasteiger partial charge >= 0.3 is 5.97 Å². The van der Waals surface area contributed by atoms with Gasteiger partial charge in [0, 0.05) is 16.3 Å². The Bertz CT molecular complexity index is 587. The Balaban J connectivity index is 2.08. The lowest BCUT2D eigenvalue weighted by atomic mass is 10.3. The van der Waals surface area contributed by atoms with E-state index in [1.165, 1.54) is 7.11 Å². The maximum atomic E-state index is 11.4. The number of methoxy groups -OCH3 is 1. The number of anilines is 1. The fourth-order valence-corrected chi connectivity index (χ4v) is 2.42. The summed E-state index contributed by atoms with van der Waals surface area (Å²) in [7, 11) is 1.34. The van der Waals surface area contributed by atoms with Crippen LogP contribution in [0.4, 0.5) is 5.69 Å². The van der Waals surface area contributed by atoms with Crippen LogP contribution < -0.4 is 5.73 Å². The summed E-state index contributed by atoms with van der Waals surface area (Å²) in [6.45, 7) is 0. The number of esters is 1. The third-order valence-electron chi connectivity index (χ3n) is 2.50. The van der Waals surface area contributed by atoms with Crippen molar-refractivity contribution in [3.8, 4) is 0 Å². The quantitative estimate of drug-likeness (QED) is 0.527. The van der Waals surface area contributed by atoms with Gasteiger partial charge in [-0.1, -0.05) is 18.2 Å². The van der Waals surface area contributed by atoms with Crippen LogP contribution in [0.5, 0.6) is 0 Å². The lowest BCUT2D eigenvalue weighted by Gasteiger charge is -2.05. The second-order valence-electron chi connectivity index (χ2n) is 3.83. The Morgan fingerprint density at radius 3 is 2.79 bits per heavy atom. The van der Waals surface area contributed by atoms with E-state index < -0.39 is 5.97 Å². The van der Waals surface area contributed by atoms with Gasteiger partial charge in [0.1, 0.15) is 5.69 Å². The van der Waals surface area contributed by atoms with Gasteiger partial charge in [0.2, 0.25) is 0 Å². The predicted molar refractivity (Wildman–Crippen MR) is 76.0 cm³/mol. The van der Waals surface area contributed by atoms with Gasteiger partial charge in [-0.3, -0.25) is 0 Å². The van der Waals surface area contributed by atoms with Crippen molar-refractivity contribution < 1.29 is 9.53 Å².